The molecule has 1 aliphatic rings. The van der Waals surface area contributed by atoms with Crippen LogP contribution in [0.3, 0.4) is 0 Å². The number of hydrogen-bond acceptors (Lipinski definition) is 6. The Labute approximate surface area is 247 Å². The summed E-state index contributed by atoms with van der Waals surface area (Å²) in [5.41, 5.74) is 4.70. The fourth-order valence-corrected chi connectivity index (χ4v) is 5.55. The molecule has 6 nitrogen and oxygen atoms in total. The quantitative estimate of drug-likeness (QED) is 0.0896. The zero-order valence-corrected chi connectivity index (χ0v) is 24.3. The number of unbranched alkanes of at least 4 members (excludes halogenated alkanes) is 4. The summed E-state index contributed by atoms with van der Waals surface area (Å²) in [5, 5.41) is 28.1. The van der Waals surface area contributed by atoms with Crippen LogP contribution in [0.2, 0.25) is 0 Å². The van der Waals surface area contributed by atoms with Crippen molar-refractivity contribution in [3.05, 3.63) is 106 Å². The summed E-state index contributed by atoms with van der Waals surface area (Å²) in [6, 6.07) is 22.0. The van der Waals surface area contributed by atoms with Crippen molar-refractivity contribution in [2.75, 3.05) is 10.6 Å². The minimum atomic E-state index is -0.526. The van der Waals surface area contributed by atoms with Crippen molar-refractivity contribution in [2.24, 2.45) is 0 Å². The molecule has 6 heteroatoms. The SMILES string of the molecule is CCCCCc1ccc(Nc2ccc(O)c3c2C(=O)c2c(O)ccc(Nc4ccc(CCCCC)cc4)c2C3=O)cc1. The van der Waals surface area contributed by atoms with Crippen LogP contribution in [0.5, 0.6) is 11.5 Å². The summed E-state index contributed by atoms with van der Waals surface area (Å²) in [4.78, 5) is 27.8. The topological polar surface area (TPSA) is 98.7 Å². The Kier molecular flexibility index (Phi) is 8.91. The van der Waals surface area contributed by atoms with Crippen molar-refractivity contribution < 1.29 is 19.8 Å². The van der Waals surface area contributed by atoms with Gasteiger partial charge >= 0.3 is 0 Å². The van der Waals surface area contributed by atoms with Gasteiger partial charge in [0.15, 0.2) is 0 Å². The summed E-state index contributed by atoms with van der Waals surface area (Å²) in [5.74, 6) is -1.61. The van der Waals surface area contributed by atoms with Crippen LogP contribution in [0.1, 0.15) is 95.3 Å². The van der Waals surface area contributed by atoms with Crippen molar-refractivity contribution in [1.82, 2.24) is 0 Å². The largest absolute Gasteiger partial charge is 0.507 e. The Morgan fingerprint density at radius 3 is 1.24 bits per heavy atom. The van der Waals surface area contributed by atoms with E-state index in [0.29, 0.717) is 11.4 Å². The maximum atomic E-state index is 13.9. The Balaban J connectivity index is 1.44. The van der Waals surface area contributed by atoms with Gasteiger partial charge in [0.25, 0.3) is 0 Å². The first-order chi connectivity index (χ1) is 20.4. The third-order valence-corrected chi connectivity index (χ3v) is 7.88. The van der Waals surface area contributed by atoms with E-state index in [9.17, 15) is 19.8 Å². The summed E-state index contributed by atoms with van der Waals surface area (Å²) in [6.07, 6.45) is 8.99. The molecule has 1 aliphatic carbocycles. The molecule has 4 N–H and O–H groups in total. The molecule has 4 aromatic carbocycles. The average molecular weight is 563 g/mol. The number of carbonyl (C=O) groups excluding carboxylic acids is 2. The highest BCUT2D eigenvalue weighted by Gasteiger charge is 2.38. The fourth-order valence-electron chi connectivity index (χ4n) is 5.55. The molecule has 5 rings (SSSR count). The molecule has 0 fully saturated rings. The van der Waals surface area contributed by atoms with Crippen LogP contribution < -0.4 is 10.6 Å². The molecule has 0 aromatic heterocycles. The predicted octanol–water partition coefficient (Wildman–Crippen LogP) is 8.83. The summed E-state index contributed by atoms with van der Waals surface area (Å²) < 4.78 is 0. The number of rotatable bonds is 12. The van der Waals surface area contributed by atoms with Crippen molar-refractivity contribution in [3.8, 4) is 11.5 Å². The number of hydrogen-bond donors (Lipinski definition) is 4. The lowest BCUT2D eigenvalue weighted by Gasteiger charge is -2.24. The van der Waals surface area contributed by atoms with Gasteiger partial charge in [0.2, 0.25) is 11.6 Å². The zero-order valence-electron chi connectivity index (χ0n) is 24.3. The number of aryl methyl sites for hydroxylation is 2. The van der Waals surface area contributed by atoms with Gasteiger partial charge in [0.1, 0.15) is 11.5 Å². The smallest absolute Gasteiger partial charge is 0.200 e. The molecule has 4 aromatic rings. The molecule has 0 aliphatic heterocycles. The van der Waals surface area contributed by atoms with Gasteiger partial charge in [-0.25, -0.2) is 0 Å². The Morgan fingerprint density at radius 2 is 0.881 bits per heavy atom. The molecular weight excluding hydrogens is 524 g/mol. The molecular formula is C36H38N2O4. The van der Waals surface area contributed by atoms with Gasteiger partial charge < -0.3 is 20.8 Å². The number of fused-ring (bicyclic) bond motifs is 2. The van der Waals surface area contributed by atoms with E-state index in [1.807, 2.05) is 24.3 Å². The summed E-state index contributed by atoms with van der Waals surface area (Å²) >= 11 is 0. The van der Waals surface area contributed by atoms with Crippen molar-refractivity contribution in [2.45, 2.75) is 65.2 Å². The van der Waals surface area contributed by atoms with E-state index in [4.69, 9.17) is 0 Å². The maximum absolute atomic E-state index is 13.9. The second kappa shape index (κ2) is 12.9. The number of ketones is 2. The van der Waals surface area contributed by atoms with Crippen LogP contribution in [0, 0.1) is 0 Å². The molecule has 0 unspecified atom stereocenters. The molecule has 0 spiro atoms. The minimum absolute atomic E-state index is 0.0448. The van der Waals surface area contributed by atoms with Crippen LogP contribution in [0.4, 0.5) is 22.7 Å². The molecule has 0 radical (unpaired) electrons. The van der Waals surface area contributed by atoms with E-state index in [-0.39, 0.29) is 33.8 Å². The first kappa shape index (κ1) is 28.9. The first-order valence-corrected chi connectivity index (χ1v) is 14.9. The standard InChI is InChI=1S/C36H38N2O4/c1-3-5-7-9-23-11-15-25(16-12-23)37-27-19-21-29(39)33-31(27)35(41)34-30(40)22-20-28(32(34)36(33)42)38-26-17-13-24(14-18-26)10-8-6-4-2/h11-22,37-40H,3-10H2,1-2H3. The molecule has 0 atom stereocenters. The summed E-state index contributed by atoms with van der Waals surface area (Å²) in [7, 11) is 0. The predicted molar refractivity (Wildman–Crippen MR) is 169 cm³/mol. The summed E-state index contributed by atoms with van der Waals surface area (Å²) in [6.45, 7) is 4.36. The van der Waals surface area contributed by atoms with Crippen molar-refractivity contribution >= 4 is 34.3 Å². The van der Waals surface area contributed by atoms with Crippen molar-refractivity contribution in [1.29, 1.82) is 0 Å². The highest BCUT2D eigenvalue weighted by atomic mass is 16.3. The maximum Gasteiger partial charge on any atom is 0.200 e. The van der Waals surface area contributed by atoms with Crippen LogP contribution in [0.25, 0.3) is 0 Å². The Bertz CT molecular complexity index is 1470. The third kappa shape index (κ3) is 6.03. The van der Waals surface area contributed by atoms with Gasteiger partial charge in [0, 0.05) is 11.4 Å². The second-order valence-electron chi connectivity index (χ2n) is 11.0. The molecule has 216 valence electrons. The second-order valence-corrected chi connectivity index (χ2v) is 11.0. The van der Waals surface area contributed by atoms with Crippen LogP contribution in [0.15, 0.2) is 72.8 Å². The number of phenols is 2. The number of nitrogens with one attached hydrogen (secondary N) is 2. The van der Waals surface area contributed by atoms with E-state index >= 15 is 0 Å². The fraction of sp³-hybridized carbons (Fsp3) is 0.278. The normalized spacial score (nSPS) is 12.1. The number of benzene rings is 4. The highest BCUT2D eigenvalue weighted by Crippen LogP contribution is 2.43. The molecule has 0 amide bonds. The van der Waals surface area contributed by atoms with Gasteiger partial charge in [0.05, 0.1) is 33.6 Å². The first-order valence-electron chi connectivity index (χ1n) is 14.9. The van der Waals surface area contributed by atoms with Crippen LogP contribution in [-0.2, 0) is 12.8 Å². The van der Waals surface area contributed by atoms with Gasteiger partial charge in [-0.15, -0.1) is 0 Å². The number of phenolic OH excluding ortho intramolecular Hbond substituents is 2. The monoisotopic (exact) mass is 562 g/mol. The van der Waals surface area contributed by atoms with E-state index in [2.05, 4.69) is 48.7 Å². The van der Waals surface area contributed by atoms with Crippen molar-refractivity contribution in [3.63, 3.8) is 0 Å². The van der Waals surface area contributed by atoms with Gasteiger partial charge in [-0.1, -0.05) is 63.8 Å². The lowest BCUT2D eigenvalue weighted by atomic mass is 9.81. The van der Waals surface area contributed by atoms with E-state index in [0.717, 1.165) is 37.1 Å². The highest BCUT2D eigenvalue weighted by molar-refractivity contribution is 6.33. The number of anilines is 4. The minimum Gasteiger partial charge on any atom is -0.507 e. The van der Waals surface area contributed by atoms with E-state index < -0.39 is 11.6 Å². The molecule has 0 heterocycles. The Morgan fingerprint density at radius 1 is 0.500 bits per heavy atom. The molecule has 42 heavy (non-hydrogen) atoms. The van der Waals surface area contributed by atoms with E-state index in [1.54, 1.807) is 12.1 Å². The van der Waals surface area contributed by atoms with E-state index in [1.165, 1.54) is 48.9 Å². The average Bonchev–Trinajstić information content (AvgIpc) is 2.99. The molecule has 0 bridgehead atoms. The van der Waals surface area contributed by atoms with Crippen LogP contribution in [-0.4, -0.2) is 21.8 Å². The molecule has 0 saturated carbocycles. The lowest BCUT2D eigenvalue weighted by Crippen LogP contribution is -2.23. The number of aromatic hydroxyl groups is 2. The third-order valence-electron chi connectivity index (χ3n) is 7.88. The molecule has 0 saturated heterocycles. The van der Waals surface area contributed by atoms with Gasteiger partial charge in [-0.05, 0) is 85.3 Å². The zero-order chi connectivity index (χ0) is 29.6. The van der Waals surface area contributed by atoms with Crippen LogP contribution >= 0.6 is 0 Å². The lowest BCUT2D eigenvalue weighted by molar-refractivity contribution is 0.0975. The van der Waals surface area contributed by atoms with Gasteiger partial charge in [-0.3, -0.25) is 9.59 Å². The van der Waals surface area contributed by atoms with Gasteiger partial charge in [-0.2, -0.15) is 0 Å². The Hall–Kier alpha value is -4.58. The number of carbonyl (C=O) groups is 2.